The zero-order valence-corrected chi connectivity index (χ0v) is 18.3. The van der Waals surface area contributed by atoms with E-state index in [1.54, 1.807) is 12.5 Å². The molecule has 1 aliphatic rings. The largest absolute Gasteiger partial charge is 0.356 e. The molecule has 9 heteroatoms. The topological polar surface area (TPSA) is 88.8 Å². The van der Waals surface area contributed by atoms with Crippen molar-refractivity contribution in [3.8, 4) is 5.82 Å². The molecule has 1 fully saturated rings. The van der Waals surface area contributed by atoms with Gasteiger partial charge in [-0.1, -0.05) is 23.5 Å². The normalized spacial score (nSPS) is 14.8. The summed E-state index contributed by atoms with van der Waals surface area (Å²) in [6.45, 7) is 5.53. The number of carbonyl (C=O) groups is 1. The number of amides is 1. The van der Waals surface area contributed by atoms with Crippen molar-refractivity contribution < 1.29 is 4.79 Å². The Hall–Kier alpha value is -3.33. The van der Waals surface area contributed by atoms with Crippen molar-refractivity contribution in [2.75, 3.05) is 23.3 Å². The van der Waals surface area contributed by atoms with Crippen LogP contribution < -0.4 is 10.2 Å². The van der Waals surface area contributed by atoms with Gasteiger partial charge in [0.05, 0.1) is 10.2 Å². The fraction of sp³-hybridized carbons (Fsp3) is 0.318. The predicted octanol–water partition coefficient (Wildman–Crippen LogP) is 3.74. The lowest BCUT2D eigenvalue weighted by Crippen LogP contribution is -2.38. The fourth-order valence-corrected chi connectivity index (χ4v) is 4.93. The first-order valence-corrected chi connectivity index (χ1v) is 11.1. The summed E-state index contributed by atoms with van der Waals surface area (Å²) < 4.78 is 3.03. The zero-order chi connectivity index (χ0) is 21.4. The summed E-state index contributed by atoms with van der Waals surface area (Å²) in [5, 5.41) is 3.70. The number of hydrogen-bond donors (Lipinski definition) is 1. The number of anilines is 2. The molecule has 0 saturated carbocycles. The number of thiazole rings is 1. The second-order valence-electron chi connectivity index (χ2n) is 7.77. The molecule has 31 heavy (non-hydrogen) atoms. The van der Waals surface area contributed by atoms with Crippen LogP contribution in [0.4, 0.5) is 10.9 Å². The third-order valence-electron chi connectivity index (χ3n) is 5.75. The highest BCUT2D eigenvalue weighted by Crippen LogP contribution is 2.29. The van der Waals surface area contributed by atoms with Crippen LogP contribution >= 0.6 is 11.3 Å². The third kappa shape index (κ3) is 3.88. The minimum atomic E-state index is -0.0263. The van der Waals surface area contributed by atoms with Gasteiger partial charge in [0.25, 0.3) is 0 Å². The summed E-state index contributed by atoms with van der Waals surface area (Å²) in [6.07, 6.45) is 6.78. The van der Waals surface area contributed by atoms with Gasteiger partial charge in [-0.15, -0.1) is 0 Å². The van der Waals surface area contributed by atoms with Gasteiger partial charge in [0.1, 0.15) is 23.8 Å². The molecule has 0 aliphatic carbocycles. The Morgan fingerprint density at radius 2 is 1.94 bits per heavy atom. The molecule has 0 radical (unpaired) electrons. The Morgan fingerprint density at radius 1 is 1.13 bits per heavy atom. The van der Waals surface area contributed by atoms with Crippen molar-refractivity contribution in [1.82, 2.24) is 24.5 Å². The first kappa shape index (κ1) is 19.6. The Kier molecular flexibility index (Phi) is 5.11. The van der Waals surface area contributed by atoms with Crippen LogP contribution in [0.15, 0.2) is 43.0 Å². The molecular formula is C22H23N7OS. The van der Waals surface area contributed by atoms with E-state index in [4.69, 9.17) is 0 Å². The van der Waals surface area contributed by atoms with Gasteiger partial charge < -0.3 is 10.2 Å². The predicted molar refractivity (Wildman–Crippen MR) is 122 cm³/mol. The zero-order valence-electron chi connectivity index (χ0n) is 17.4. The number of benzene rings is 1. The van der Waals surface area contributed by atoms with Crippen LogP contribution in [0.2, 0.25) is 0 Å². The molecule has 1 aliphatic heterocycles. The molecule has 5 rings (SSSR count). The lowest BCUT2D eigenvalue weighted by molar-refractivity contribution is -0.120. The highest BCUT2D eigenvalue weighted by atomic mass is 32.1. The summed E-state index contributed by atoms with van der Waals surface area (Å²) in [5.74, 6) is 2.57. The van der Waals surface area contributed by atoms with E-state index >= 15 is 0 Å². The maximum Gasteiger partial charge on any atom is 0.229 e. The number of fused-ring (bicyclic) bond motifs is 1. The molecule has 1 saturated heterocycles. The summed E-state index contributed by atoms with van der Waals surface area (Å²) in [4.78, 5) is 32.7. The van der Waals surface area contributed by atoms with Gasteiger partial charge in [-0.2, -0.15) is 0 Å². The fourth-order valence-electron chi connectivity index (χ4n) is 3.98. The van der Waals surface area contributed by atoms with Crippen LogP contribution in [0, 0.1) is 19.8 Å². The van der Waals surface area contributed by atoms with Crippen LogP contribution in [0.3, 0.4) is 0 Å². The van der Waals surface area contributed by atoms with Crippen molar-refractivity contribution in [3.05, 3.63) is 54.4 Å². The van der Waals surface area contributed by atoms with E-state index in [2.05, 4.69) is 30.2 Å². The van der Waals surface area contributed by atoms with Crippen LogP contribution in [-0.2, 0) is 4.79 Å². The number of imidazole rings is 1. The van der Waals surface area contributed by atoms with Gasteiger partial charge in [-0.25, -0.2) is 19.9 Å². The molecular weight excluding hydrogens is 410 g/mol. The van der Waals surface area contributed by atoms with Crippen LogP contribution in [-0.4, -0.2) is 43.5 Å². The quantitative estimate of drug-likeness (QED) is 0.527. The van der Waals surface area contributed by atoms with E-state index in [1.165, 1.54) is 11.3 Å². The lowest BCUT2D eigenvalue weighted by Gasteiger charge is -2.32. The first-order chi connectivity index (χ1) is 15.1. The number of carbonyl (C=O) groups excluding carboxylic acids is 1. The van der Waals surface area contributed by atoms with Gasteiger partial charge in [0.15, 0.2) is 5.13 Å². The minimum absolute atomic E-state index is 0.0263. The smallest absolute Gasteiger partial charge is 0.229 e. The molecule has 158 valence electrons. The van der Waals surface area contributed by atoms with E-state index in [-0.39, 0.29) is 11.8 Å². The molecule has 0 unspecified atom stereocenters. The maximum atomic E-state index is 12.8. The number of aryl methyl sites for hydroxylation is 2. The summed E-state index contributed by atoms with van der Waals surface area (Å²) in [6, 6.07) is 8.06. The summed E-state index contributed by atoms with van der Waals surface area (Å²) in [7, 11) is 0. The van der Waals surface area contributed by atoms with Crippen LogP contribution in [0.25, 0.3) is 16.0 Å². The van der Waals surface area contributed by atoms with E-state index in [1.807, 2.05) is 48.9 Å². The van der Waals surface area contributed by atoms with Gasteiger partial charge >= 0.3 is 0 Å². The number of nitrogens with one attached hydrogen (secondary N) is 1. The molecule has 1 aromatic carbocycles. The van der Waals surface area contributed by atoms with Crippen molar-refractivity contribution >= 4 is 38.4 Å². The lowest BCUT2D eigenvalue weighted by atomic mass is 9.96. The molecule has 1 N–H and O–H groups in total. The monoisotopic (exact) mass is 433 g/mol. The SMILES string of the molecule is Cc1cccc2sc(NC(=O)C3CCN(c4cc(-n5ccnc5C)ncn4)CC3)nc12. The van der Waals surface area contributed by atoms with Crippen molar-refractivity contribution in [2.45, 2.75) is 26.7 Å². The molecule has 0 bridgehead atoms. The molecule has 1 amide bonds. The second kappa shape index (κ2) is 8.07. The second-order valence-corrected chi connectivity index (χ2v) is 8.80. The van der Waals surface area contributed by atoms with Crippen molar-refractivity contribution in [1.29, 1.82) is 0 Å². The van der Waals surface area contributed by atoms with E-state index in [0.29, 0.717) is 5.13 Å². The van der Waals surface area contributed by atoms with E-state index in [9.17, 15) is 4.79 Å². The Balaban J connectivity index is 1.23. The van der Waals surface area contributed by atoms with E-state index < -0.39 is 0 Å². The molecule has 8 nitrogen and oxygen atoms in total. The van der Waals surface area contributed by atoms with E-state index in [0.717, 1.165) is 59.2 Å². The number of nitrogens with zero attached hydrogens (tertiary/aromatic N) is 6. The number of hydrogen-bond acceptors (Lipinski definition) is 7. The van der Waals surface area contributed by atoms with Crippen molar-refractivity contribution in [2.24, 2.45) is 5.92 Å². The van der Waals surface area contributed by atoms with Gasteiger partial charge in [0, 0.05) is 37.5 Å². The molecule has 4 aromatic rings. The minimum Gasteiger partial charge on any atom is -0.356 e. The number of piperidine rings is 1. The summed E-state index contributed by atoms with van der Waals surface area (Å²) in [5.41, 5.74) is 2.09. The standard InChI is InChI=1S/C22H23N7OS/c1-14-4-3-5-17-20(14)26-22(31-17)27-21(30)16-6-9-28(10-7-16)18-12-19(25-13-24-18)29-11-8-23-15(29)2/h3-5,8,11-13,16H,6-7,9-10H2,1-2H3,(H,26,27,30). The third-order valence-corrected chi connectivity index (χ3v) is 6.69. The highest BCUT2D eigenvalue weighted by molar-refractivity contribution is 7.22. The number of para-hydroxylation sites is 1. The van der Waals surface area contributed by atoms with Crippen LogP contribution in [0.5, 0.6) is 0 Å². The Labute approximate surface area is 184 Å². The number of rotatable bonds is 4. The molecule has 3 aromatic heterocycles. The first-order valence-electron chi connectivity index (χ1n) is 10.3. The average Bonchev–Trinajstić information content (AvgIpc) is 3.40. The Bertz CT molecular complexity index is 1240. The van der Waals surface area contributed by atoms with Crippen LogP contribution in [0.1, 0.15) is 24.2 Å². The maximum absolute atomic E-state index is 12.8. The average molecular weight is 434 g/mol. The van der Waals surface area contributed by atoms with Gasteiger partial charge in [0.2, 0.25) is 5.91 Å². The number of aromatic nitrogens is 5. The van der Waals surface area contributed by atoms with Crippen molar-refractivity contribution in [3.63, 3.8) is 0 Å². The summed E-state index contributed by atoms with van der Waals surface area (Å²) >= 11 is 1.52. The molecule has 0 atom stereocenters. The van der Waals surface area contributed by atoms with Gasteiger partial charge in [-0.3, -0.25) is 9.36 Å². The Morgan fingerprint density at radius 3 is 2.68 bits per heavy atom. The van der Waals surface area contributed by atoms with Gasteiger partial charge in [-0.05, 0) is 38.3 Å². The molecule has 0 spiro atoms. The highest BCUT2D eigenvalue weighted by Gasteiger charge is 2.26. The molecule has 4 heterocycles.